The summed E-state index contributed by atoms with van der Waals surface area (Å²) in [6.07, 6.45) is 14.2. The summed E-state index contributed by atoms with van der Waals surface area (Å²) in [5.74, 6) is -2.51. The van der Waals surface area contributed by atoms with E-state index >= 15 is 0 Å². The number of piperidine rings is 1. The molecule has 2 aromatic rings. The quantitative estimate of drug-likeness (QED) is 0.734. The molecule has 4 nitrogen and oxygen atoms in total. The lowest BCUT2D eigenvalue weighted by Crippen LogP contribution is -2.30. The van der Waals surface area contributed by atoms with E-state index in [1.807, 2.05) is 48.5 Å². The van der Waals surface area contributed by atoms with Gasteiger partial charge in [0.1, 0.15) is 6.54 Å². The van der Waals surface area contributed by atoms with Crippen LogP contribution in [-0.2, 0) is 14.6 Å². The molecule has 1 aliphatic heterocycles. The fourth-order valence-electron chi connectivity index (χ4n) is 2.73. The Kier molecular flexibility index (Phi) is 6.43. The van der Waals surface area contributed by atoms with E-state index in [1.165, 1.54) is 0 Å². The van der Waals surface area contributed by atoms with E-state index in [4.69, 9.17) is 4.74 Å². The van der Waals surface area contributed by atoms with Crippen molar-refractivity contribution in [2.24, 2.45) is 5.92 Å². The highest BCUT2D eigenvalue weighted by molar-refractivity contribution is 5.85. The van der Waals surface area contributed by atoms with E-state index in [0.29, 0.717) is 0 Å². The molecule has 0 unspecified atom stereocenters. The molecule has 4 rings (SSSR count). The molecule has 4 heteroatoms. The number of carbonyl (C=O) groups is 1. The number of ether oxygens (including phenoxy) is 1. The Balaban J connectivity index is 1.40. The van der Waals surface area contributed by atoms with Crippen LogP contribution in [0.1, 0.15) is 22.3 Å². The van der Waals surface area contributed by atoms with Gasteiger partial charge in [-0.15, -0.1) is 0 Å². The molecular formula is C25H9NO3. The molecule has 1 fully saturated rings. The standard InChI is InChI=1S/C25H9NO3/c27-25(28)21-8-5-14-26(18-21)15-17-29-16-13-24-22-9-3-1-6-19(22)11-12-20-7-2-4-10-23(20)24/h1-4,6-7,9-10,21H/t21-/m0/s1. The van der Waals surface area contributed by atoms with E-state index < -0.39 is 11.9 Å². The zero-order chi connectivity index (χ0) is 20.1. The van der Waals surface area contributed by atoms with Gasteiger partial charge < -0.3 is 4.74 Å². The number of hydrogen-bond donors (Lipinski definition) is 0. The fourth-order valence-corrected chi connectivity index (χ4v) is 2.73. The van der Waals surface area contributed by atoms with Crippen LogP contribution in [0.5, 0.6) is 0 Å². The van der Waals surface area contributed by atoms with Gasteiger partial charge in [-0.2, -0.15) is 0 Å². The highest BCUT2D eigenvalue weighted by atomic mass is 16.5. The first kappa shape index (κ1) is 19.9. The molecule has 0 saturated carbocycles. The van der Waals surface area contributed by atoms with Gasteiger partial charge in [-0.25, -0.2) is 9.90 Å². The second kappa shape index (κ2) is 9.38. The number of nitrogens with zero attached hydrogens (tertiary/aromatic N) is 1. The van der Waals surface area contributed by atoms with Crippen LogP contribution in [0.4, 0.5) is 0 Å². The van der Waals surface area contributed by atoms with E-state index in [1.54, 1.807) is 0 Å². The summed E-state index contributed by atoms with van der Waals surface area (Å²) < 4.78 is 5.09. The molecule has 1 atom stereocenters. The Morgan fingerprint density at radius 3 is 2.28 bits per heavy atom. The van der Waals surface area contributed by atoms with Crippen LogP contribution in [0.3, 0.4) is 0 Å². The zero-order valence-corrected chi connectivity index (χ0v) is 14.9. The summed E-state index contributed by atoms with van der Waals surface area (Å²) in [6.45, 7) is 12.5. The minimum Gasteiger partial charge on any atom is -0.348 e. The summed E-state index contributed by atoms with van der Waals surface area (Å²) >= 11 is 0. The van der Waals surface area contributed by atoms with Crippen molar-refractivity contribution in [1.82, 2.24) is 4.90 Å². The number of carbonyl (C=O) groups excluding carboxylic acids is 1. The molecule has 132 valence electrons. The molecule has 0 bridgehead atoms. The normalized spacial score (nSPS) is 19.2. The van der Waals surface area contributed by atoms with E-state index in [0.717, 1.165) is 32.7 Å². The lowest BCUT2D eigenvalue weighted by atomic mass is 9.94. The molecule has 0 amide bonds. The summed E-state index contributed by atoms with van der Waals surface area (Å²) in [5, 5.41) is 10.8. The van der Waals surface area contributed by atoms with Crippen LogP contribution in [-0.4, -0.2) is 10.9 Å². The van der Waals surface area contributed by atoms with Crippen molar-refractivity contribution in [2.75, 3.05) is 0 Å². The molecule has 1 aliphatic carbocycles. The zero-order valence-electron chi connectivity index (χ0n) is 14.9. The molecule has 20 radical (unpaired) electrons. The minimum absolute atomic E-state index is 0.771. The van der Waals surface area contributed by atoms with Crippen molar-refractivity contribution in [3.05, 3.63) is 135 Å². The van der Waals surface area contributed by atoms with Crippen LogP contribution in [0.2, 0.25) is 0 Å². The van der Waals surface area contributed by atoms with Crippen molar-refractivity contribution in [3.8, 4) is 0 Å². The van der Waals surface area contributed by atoms with Crippen molar-refractivity contribution < 1.29 is 14.6 Å². The molecule has 29 heavy (non-hydrogen) atoms. The molecule has 0 N–H and O–H groups in total. The van der Waals surface area contributed by atoms with Crippen molar-refractivity contribution in [2.45, 2.75) is 0 Å². The molecule has 0 aromatic heterocycles. The van der Waals surface area contributed by atoms with Crippen LogP contribution in [0, 0.1) is 70.5 Å². The summed E-state index contributed by atoms with van der Waals surface area (Å²) in [7, 11) is 0. The topological polar surface area (TPSA) is 49.4 Å². The first-order chi connectivity index (χ1) is 14.2. The van der Waals surface area contributed by atoms with Crippen molar-refractivity contribution in [3.63, 3.8) is 0 Å². The second-order valence-corrected chi connectivity index (χ2v) is 5.86. The maximum Gasteiger partial charge on any atom is 0.361 e. The number of rotatable bonds is 6. The smallest absolute Gasteiger partial charge is 0.348 e. The first-order valence-corrected chi connectivity index (χ1v) is 8.51. The third-order valence-corrected chi connectivity index (χ3v) is 4.04. The Bertz CT molecular complexity index is 840. The maximum atomic E-state index is 10.8. The highest BCUT2D eigenvalue weighted by Crippen LogP contribution is 2.34. The Labute approximate surface area is 172 Å². The molecule has 1 heterocycles. The van der Waals surface area contributed by atoms with Crippen LogP contribution < -0.4 is 0 Å². The number of likely N-dealkylation sites (tertiary alicyclic amines) is 1. The third-order valence-electron chi connectivity index (χ3n) is 4.04. The predicted molar refractivity (Wildman–Crippen MR) is 98.1 cm³/mol. The number of hydrogen-bond acceptors (Lipinski definition) is 3. The average Bonchev–Trinajstić information content (AvgIpc) is 2.91. The fraction of sp³-hybridized carbons (Fsp3) is 0.0400. The van der Waals surface area contributed by atoms with Crippen molar-refractivity contribution in [1.29, 1.82) is 0 Å². The average molecular weight is 371 g/mol. The van der Waals surface area contributed by atoms with Gasteiger partial charge in [0.15, 0.2) is 13.2 Å². The van der Waals surface area contributed by atoms with Gasteiger partial charge in [0.05, 0.1) is 19.0 Å². The van der Waals surface area contributed by atoms with Gasteiger partial charge in [-0.3, -0.25) is 4.90 Å². The van der Waals surface area contributed by atoms with E-state index in [9.17, 15) is 9.90 Å². The Morgan fingerprint density at radius 1 is 0.966 bits per heavy atom. The Morgan fingerprint density at radius 2 is 1.62 bits per heavy atom. The van der Waals surface area contributed by atoms with E-state index in [-0.39, 0.29) is 0 Å². The predicted octanol–water partition coefficient (Wildman–Crippen LogP) is 3.06. The van der Waals surface area contributed by atoms with Gasteiger partial charge in [0, 0.05) is 31.8 Å². The summed E-state index contributed by atoms with van der Waals surface area (Å²) in [5.41, 5.74) is 4.37. The summed E-state index contributed by atoms with van der Waals surface area (Å²) in [4.78, 5) is 11.9. The highest BCUT2D eigenvalue weighted by Gasteiger charge is 2.30. The molecular weight excluding hydrogens is 362 g/mol. The van der Waals surface area contributed by atoms with Crippen LogP contribution in [0.15, 0.2) is 48.5 Å². The van der Waals surface area contributed by atoms with Crippen LogP contribution >= 0.6 is 0 Å². The number of fused-ring (bicyclic) bond motifs is 2. The maximum absolute atomic E-state index is 10.8. The molecule has 1 saturated heterocycles. The van der Waals surface area contributed by atoms with Gasteiger partial charge in [-0.05, 0) is 27.8 Å². The molecule has 2 aliphatic rings. The van der Waals surface area contributed by atoms with Gasteiger partial charge >= 0.3 is 5.97 Å². The minimum atomic E-state index is -1.35. The monoisotopic (exact) mass is 371 g/mol. The SMILES string of the molecule is [O]C(=O)[C@H]1[C][C][C]N([C][C]O[C][C]=C2c3ccccc3[C][C]c3ccccc32)[C]1. The number of benzene rings is 2. The first-order valence-electron chi connectivity index (χ1n) is 8.51. The van der Waals surface area contributed by atoms with Gasteiger partial charge in [0.25, 0.3) is 0 Å². The van der Waals surface area contributed by atoms with Crippen molar-refractivity contribution >= 4 is 11.5 Å². The van der Waals surface area contributed by atoms with E-state index in [2.05, 4.69) is 64.6 Å². The lowest BCUT2D eigenvalue weighted by Gasteiger charge is -2.25. The molecule has 0 spiro atoms. The Hall–Kier alpha value is -2.43. The summed E-state index contributed by atoms with van der Waals surface area (Å²) in [6, 6.07) is 15.5. The largest absolute Gasteiger partial charge is 0.361 e. The lowest BCUT2D eigenvalue weighted by molar-refractivity contribution is -0.146. The van der Waals surface area contributed by atoms with Gasteiger partial charge in [-0.1, -0.05) is 48.5 Å². The van der Waals surface area contributed by atoms with Crippen LogP contribution in [0.25, 0.3) is 5.57 Å². The van der Waals surface area contributed by atoms with Gasteiger partial charge in [0.2, 0.25) is 0 Å². The second-order valence-electron chi connectivity index (χ2n) is 5.86. The molecule has 2 aromatic carbocycles. The third kappa shape index (κ3) is 4.77.